The first-order valence-electron chi connectivity index (χ1n) is 5.59. The van der Waals surface area contributed by atoms with Gasteiger partial charge < -0.3 is 10.4 Å². The molecule has 110 valence electrons. The van der Waals surface area contributed by atoms with Crippen molar-refractivity contribution in [1.82, 2.24) is 10.3 Å². The molecule has 0 aliphatic carbocycles. The molecular weight excluding hydrogens is 318 g/mol. The van der Waals surface area contributed by atoms with Gasteiger partial charge in [0.2, 0.25) is 0 Å². The molecular formula is C11H9N3O5S2. The first kappa shape index (κ1) is 15.1. The number of nitrogens with zero attached hydrogens (tertiary/aromatic N) is 2. The van der Waals surface area contributed by atoms with Crippen molar-refractivity contribution in [2.45, 2.75) is 13.5 Å². The van der Waals surface area contributed by atoms with E-state index < -0.39 is 16.8 Å². The lowest BCUT2D eigenvalue weighted by Gasteiger charge is -1.99. The molecule has 0 atom stereocenters. The van der Waals surface area contributed by atoms with Crippen LogP contribution >= 0.6 is 22.7 Å². The number of rotatable bonds is 5. The van der Waals surface area contributed by atoms with Crippen LogP contribution in [-0.2, 0) is 6.54 Å². The van der Waals surface area contributed by atoms with Crippen LogP contribution in [0.1, 0.15) is 30.7 Å². The van der Waals surface area contributed by atoms with E-state index in [1.165, 1.54) is 11.4 Å². The molecule has 0 aromatic carbocycles. The highest BCUT2D eigenvalue weighted by Crippen LogP contribution is 2.23. The zero-order valence-corrected chi connectivity index (χ0v) is 12.3. The molecule has 2 heterocycles. The van der Waals surface area contributed by atoms with Crippen LogP contribution in [0.3, 0.4) is 0 Å². The number of nitrogens with one attached hydrogen (secondary N) is 1. The maximum atomic E-state index is 11.8. The van der Waals surface area contributed by atoms with E-state index in [1.54, 1.807) is 6.92 Å². The maximum Gasteiger partial charge on any atom is 0.347 e. The molecule has 0 unspecified atom stereocenters. The molecule has 10 heteroatoms. The Kier molecular flexibility index (Phi) is 4.29. The third-order valence-electron chi connectivity index (χ3n) is 2.46. The van der Waals surface area contributed by atoms with Gasteiger partial charge in [0.15, 0.2) is 0 Å². The van der Waals surface area contributed by atoms with Crippen molar-refractivity contribution < 1.29 is 19.6 Å². The Labute approximate surface area is 126 Å². The van der Waals surface area contributed by atoms with Gasteiger partial charge in [-0.1, -0.05) is 11.3 Å². The third kappa shape index (κ3) is 3.41. The second-order valence-electron chi connectivity index (χ2n) is 3.94. The van der Waals surface area contributed by atoms with Crippen LogP contribution in [0.4, 0.5) is 5.00 Å². The maximum absolute atomic E-state index is 11.8. The van der Waals surface area contributed by atoms with E-state index in [-0.39, 0.29) is 22.0 Å². The molecule has 0 bridgehead atoms. The minimum Gasteiger partial charge on any atom is -0.477 e. The van der Waals surface area contributed by atoms with Gasteiger partial charge in [0.1, 0.15) is 9.88 Å². The Morgan fingerprint density at radius 3 is 2.76 bits per heavy atom. The number of hydrogen-bond acceptors (Lipinski definition) is 7. The number of carbonyl (C=O) groups is 2. The fraction of sp³-hybridized carbons (Fsp3) is 0.182. The van der Waals surface area contributed by atoms with Crippen molar-refractivity contribution in [3.05, 3.63) is 42.7 Å². The van der Waals surface area contributed by atoms with E-state index in [4.69, 9.17) is 5.11 Å². The zero-order chi connectivity index (χ0) is 15.6. The first-order chi connectivity index (χ1) is 9.88. The number of thiophene rings is 1. The number of nitro groups is 1. The lowest BCUT2D eigenvalue weighted by Crippen LogP contribution is -2.22. The second-order valence-corrected chi connectivity index (χ2v) is 5.91. The average Bonchev–Trinajstić information content (AvgIpc) is 3.02. The summed E-state index contributed by atoms with van der Waals surface area (Å²) in [6, 6.07) is 1.19. The van der Waals surface area contributed by atoms with Gasteiger partial charge in [-0.05, 0) is 6.92 Å². The van der Waals surface area contributed by atoms with Crippen molar-refractivity contribution in [3.63, 3.8) is 0 Å². The summed E-state index contributed by atoms with van der Waals surface area (Å²) >= 11 is 1.85. The van der Waals surface area contributed by atoms with Crippen molar-refractivity contribution >= 4 is 39.6 Å². The Hall–Kier alpha value is -2.33. The van der Waals surface area contributed by atoms with E-state index in [2.05, 4.69) is 10.3 Å². The predicted octanol–water partition coefficient (Wildman–Crippen LogP) is 2.05. The van der Waals surface area contributed by atoms with Gasteiger partial charge in [-0.3, -0.25) is 14.9 Å². The summed E-state index contributed by atoms with van der Waals surface area (Å²) in [5, 5.41) is 23.7. The van der Waals surface area contributed by atoms with Crippen molar-refractivity contribution in [2.75, 3.05) is 0 Å². The minimum atomic E-state index is -1.06. The molecule has 1 amide bonds. The summed E-state index contributed by atoms with van der Waals surface area (Å²) < 4.78 is 0. The van der Waals surface area contributed by atoms with Crippen LogP contribution < -0.4 is 5.32 Å². The van der Waals surface area contributed by atoms with E-state index >= 15 is 0 Å². The van der Waals surface area contributed by atoms with Crippen molar-refractivity contribution in [2.24, 2.45) is 0 Å². The van der Waals surface area contributed by atoms with Gasteiger partial charge in [0.25, 0.3) is 5.91 Å². The molecule has 2 N–H and O–H groups in total. The highest BCUT2D eigenvalue weighted by molar-refractivity contribution is 7.14. The summed E-state index contributed by atoms with van der Waals surface area (Å²) in [5.41, 5.74) is 0.585. The number of hydrogen-bond donors (Lipinski definition) is 2. The van der Waals surface area contributed by atoms with Gasteiger partial charge in [-0.15, -0.1) is 11.3 Å². The average molecular weight is 327 g/mol. The van der Waals surface area contributed by atoms with Crippen LogP contribution in [0.5, 0.6) is 0 Å². The van der Waals surface area contributed by atoms with E-state index in [1.807, 2.05) is 0 Å². The van der Waals surface area contributed by atoms with E-state index in [0.717, 1.165) is 22.7 Å². The number of carboxylic acid groups (broad SMARTS) is 1. The molecule has 0 saturated heterocycles. The number of carboxylic acids is 1. The van der Waals surface area contributed by atoms with E-state index in [0.29, 0.717) is 10.7 Å². The lowest BCUT2D eigenvalue weighted by atomic mass is 10.3. The standard InChI is InChI=1S/C11H9N3O5S2/c1-5-9(11(16)17)21-7(13-5)3-12-10(15)6-2-8(14(18)19)20-4-6/h2,4H,3H2,1H3,(H,12,15)(H,16,17). The molecule has 0 fully saturated rings. The number of aryl methyl sites for hydroxylation is 1. The van der Waals surface area contributed by atoms with Crippen LogP contribution in [0.2, 0.25) is 0 Å². The van der Waals surface area contributed by atoms with Gasteiger partial charge in [-0.2, -0.15) is 0 Å². The van der Waals surface area contributed by atoms with Gasteiger partial charge in [0, 0.05) is 11.4 Å². The third-order valence-corrected chi connectivity index (χ3v) is 4.49. The molecule has 2 aromatic heterocycles. The van der Waals surface area contributed by atoms with Gasteiger partial charge in [-0.25, -0.2) is 9.78 Å². The number of aromatic carboxylic acids is 1. The normalized spacial score (nSPS) is 10.3. The largest absolute Gasteiger partial charge is 0.477 e. The molecule has 8 nitrogen and oxygen atoms in total. The molecule has 2 rings (SSSR count). The number of thiazole rings is 1. The smallest absolute Gasteiger partial charge is 0.347 e. The number of carbonyl (C=O) groups excluding carboxylic acids is 1. The summed E-state index contributed by atoms with van der Waals surface area (Å²) in [4.78, 5) is 36.8. The van der Waals surface area contributed by atoms with Crippen molar-refractivity contribution in [3.8, 4) is 0 Å². The topological polar surface area (TPSA) is 122 Å². The summed E-state index contributed by atoms with van der Waals surface area (Å²) in [6.45, 7) is 1.65. The zero-order valence-electron chi connectivity index (χ0n) is 10.7. The van der Waals surface area contributed by atoms with Crippen LogP contribution in [0.25, 0.3) is 0 Å². The van der Waals surface area contributed by atoms with Gasteiger partial charge >= 0.3 is 11.0 Å². The second kappa shape index (κ2) is 5.97. The Morgan fingerprint density at radius 2 is 2.24 bits per heavy atom. The summed E-state index contributed by atoms with van der Waals surface area (Å²) in [5.74, 6) is -1.53. The Morgan fingerprint density at radius 1 is 1.52 bits per heavy atom. The first-order valence-corrected chi connectivity index (χ1v) is 7.29. The quantitative estimate of drug-likeness (QED) is 0.640. The lowest BCUT2D eigenvalue weighted by molar-refractivity contribution is -0.380. The van der Waals surface area contributed by atoms with E-state index in [9.17, 15) is 19.7 Å². The molecule has 0 radical (unpaired) electrons. The fourth-order valence-electron chi connectivity index (χ4n) is 1.52. The fourth-order valence-corrected chi connectivity index (χ4v) is 3.07. The predicted molar refractivity (Wildman–Crippen MR) is 76.0 cm³/mol. The van der Waals surface area contributed by atoms with Crippen LogP contribution in [0, 0.1) is 17.0 Å². The minimum absolute atomic E-state index is 0.0707. The molecule has 2 aromatic rings. The molecule has 0 aliphatic rings. The van der Waals surface area contributed by atoms with Crippen LogP contribution in [0.15, 0.2) is 11.4 Å². The monoisotopic (exact) mass is 327 g/mol. The molecule has 0 aliphatic heterocycles. The van der Waals surface area contributed by atoms with Gasteiger partial charge in [0.05, 0.1) is 22.7 Å². The number of amides is 1. The summed E-state index contributed by atoms with van der Waals surface area (Å²) in [7, 11) is 0. The summed E-state index contributed by atoms with van der Waals surface area (Å²) in [6.07, 6.45) is 0. The molecule has 0 saturated carbocycles. The van der Waals surface area contributed by atoms with Crippen LogP contribution in [-0.4, -0.2) is 26.9 Å². The molecule has 0 spiro atoms. The number of aromatic nitrogens is 1. The SMILES string of the molecule is Cc1nc(CNC(=O)c2csc([N+](=O)[O-])c2)sc1C(=O)O. The Balaban J connectivity index is 2.02. The van der Waals surface area contributed by atoms with Crippen molar-refractivity contribution in [1.29, 1.82) is 0 Å². The highest BCUT2D eigenvalue weighted by Gasteiger charge is 2.17. The molecule has 21 heavy (non-hydrogen) atoms. The Bertz CT molecular complexity index is 721. The highest BCUT2D eigenvalue weighted by atomic mass is 32.1.